The van der Waals surface area contributed by atoms with Gasteiger partial charge in [-0.15, -0.1) is 0 Å². The Hall–Kier alpha value is -0.830. The number of nitrogens with one attached hydrogen (secondary N) is 1. The second-order valence-corrected chi connectivity index (χ2v) is 4.54. The van der Waals surface area contributed by atoms with E-state index in [0.717, 1.165) is 5.69 Å². The van der Waals surface area contributed by atoms with E-state index in [9.17, 15) is 0 Å². The second-order valence-electron chi connectivity index (χ2n) is 4.54. The fourth-order valence-electron chi connectivity index (χ4n) is 2.56. The van der Waals surface area contributed by atoms with Crippen molar-refractivity contribution < 1.29 is 5.11 Å². The van der Waals surface area contributed by atoms with Gasteiger partial charge in [0.15, 0.2) is 0 Å². The average Bonchev–Trinajstić information content (AvgIpc) is 2.48. The van der Waals surface area contributed by atoms with Crippen molar-refractivity contribution >= 4 is 0 Å². The average molecular weight is 208 g/mol. The Balaban J connectivity index is 2.15. The number of H-pyrrole nitrogens is 1. The summed E-state index contributed by atoms with van der Waals surface area (Å²) < 4.78 is 0. The van der Waals surface area contributed by atoms with Gasteiger partial charge in [0.2, 0.25) is 0 Å². The third-order valence-electron chi connectivity index (χ3n) is 3.36. The van der Waals surface area contributed by atoms with Crippen LogP contribution in [0, 0.1) is 6.92 Å². The maximum absolute atomic E-state index is 9.04. The van der Waals surface area contributed by atoms with Crippen LogP contribution in [0.25, 0.3) is 0 Å². The van der Waals surface area contributed by atoms with Crippen molar-refractivity contribution in [3.63, 3.8) is 0 Å². The van der Waals surface area contributed by atoms with E-state index in [1.807, 2.05) is 0 Å². The first-order valence-electron chi connectivity index (χ1n) is 5.97. The molecule has 1 aliphatic carbocycles. The molecule has 0 amide bonds. The molecule has 0 unspecified atom stereocenters. The molecule has 0 spiro atoms. The molecular formula is C12H20N2O. The van der Waals surface area contributed by atoms with Crippen LogP contribution in [-0.4, -0.2) is 15.1 Å². The van der Waals surface area contributed by atoms with Gasteiger partial charge in [0.05, 0.1) is 5.69 Å². The lowest BCUT2D eigenvalue weighted by atomic mass is 9.95. The molecule has 0 bridgehead atoms. The zero-order chi connectivity index (χ0) is 10.7. The van der Waals surface area contributed by atoms with Crippen LogP contribution >= 0.6 is 0 Å². The molecule has 1 aliphatic rings. The smallest absolute Gasteiger partial charge is 0.132 e. The number of imidazole rings is 1. The van der Waals surface area contributed by atoms with Gasteiger partial charge in [-0.3, -0.25) is 0 Å². The molecule has 1 aromatic heterocycles. The zero-order valence-corrected chi connectivity index (χ0v) is 9.42. The van der Waals surface area contributed by atoms with Gasteiger partial charge in [0, 0.05) is 11.6 Å². The van der Waals surface area contributed by atoms with Crippen LogP contribution in [0.4, 0.5) is 0 Å². The van der Waals surface area contributed by atoms with E-state index in [2.05, 4.69) is 16.9 Å². The molecule has 84 valence electrons. The van der Waals surface area contributed by atoms with Crippen molar-refractivity contribution in [2.75, 3.05) is 0 Å². The second kappa shape index (κ2) is 4.79. The number of aryl methyl sites for hydroxylation is 1. The number of hydrogen-bond donors (Lipinski definition) is 2. The Bertz CT molecular complexity index is 311. The largest absolute Gasteiger partial charge is 0.388 e. The highest BCUT2D eigenvalue weighted by molar-refractivity contribution is 5.17. The molecule has 0 aromatic carbocycles. The van der Waals surface area contributed by atoms with E-state index < -0.39 is 0 Å². The highest BCUT2D eigenvalue weighted by Gasteiger charge is 2.19. The van der Waals surface area contributed by atoms with Crippen molar-refractivity contribution in [2.45, 2.75) is 58.0 Å². The monoisotopic (exact) mass is 208 g/mol. The Morgan fingerprint density at radius 1 is 1.27 bits per heavy atom. The summed E-state index contributed by atoms with van der Waals surface area (Å²) in [6, 6.07) is 0. The molecule has 1 aromatic rings. The fraction of sp³-hybridized carbons (Fsp3) is 0.750. The van der Waals surface area contributed by atoms with Crippen LogP contribution in [0.5, 0.6) is 0 Å². The summed E-state index contributed by atoms with van der Waals surface area (Å²) in [4.78, 5) is 7.64. The molecule has 2 N–H and O–H groups in total. The van der Waals surface area contributed by atoms with E-state index in [1.165, 1.54) is 44.2 Å². The van der Waals surface area contributed by atoms with Crippen LogP contribution in [0.2, 0.25) is 0 Å². The summed E-state index contributed by atoms with van der Waals surface area (Å²) in [5.41, 5.74) is 2.34. The van der Waals surface area contributed by atoms with E-state index in [4.69, 9.17) is 5.11 Å². The lowest BCUT2D eigenvalue weighted by molar-refractivity contribution is 0.272. The van der Waals surface area contributed by atoms with Gasteiger partial charge in [0.1, 0.15) is 12.4 Å². The van der Waals surface area contributed by atoms with Gasteiger partial charge < -0.3 is 10.1 Å². The number of rotatable bonds is 2. The molecular weight excluding hydrogens is 188 g/mol. The van der Waals surface area contributed by atoms with Crippen LogP contribution in [0.15, 0.2) is 0 Å². The minimum absolute atomic E-state index is 0.0214. The molecule has 3 heteroatoms. The number of aromatic amines is 1. The van der Waals surface area contributed by atoms with E-state index >= 15 is 0 Å². The van der Waals surface area contributed by atoms with E-state index in [0.29, 0.717) is 11.7 Å². The van der Waals surface area contributed by atoms with E-state index in [-0.39, 0.29) is 6.61 Å². The quantitative estimate of drug-likeness (QED) is 0.734. The van der Waals surface area contributed by atoms with Crippen LogP contribution in [-0.2, 0) is 6.61 Å². The summed E-state index contributed by atoms with van der Waals surface area (Å²) in [7, 11) is 0. The van der Waals surface area contributed by atoms with Crippen LogP contribution < -0.4 is 0 Å². The van der Waals surface area contributed by atoms with Crippen LogP contribution in [0.3, 0.4) is 0 Å². The first-order valence-corrected chi connectivity index (χ1v) is 5.97. The Kier molecular flexibility index (Phi) is 3.41. The number of aromatic nitrogens is 2. The Labute approximate surface area is 90.9 Å². The first-order chi connectivity index (χ1) is 7.31. The summed E-state index contributed by atoms with van der Waals surface area (Å²) in [5.74, 6) is 1.33. The first kappa shape index (κ1) is 10.7. The van der Waals surface area contributed by atoms with E-state index in [1.54, 1.807) is 0 Å². The summed E-state index contributed by atoms with van der Waals surface area (Å²) in [6.45, 7) is 2.08. The minimum atomic E-state index is 0.0214. The molecule has 1 heterocycles. The highest BCUT2D eigenvalue weighted by Crippen LogP contribution is 2.32. The predicted molar refractivity (Wildman–Crippen MR) is 59.7 cm³/mol. The maximum Gasteiger partial charge on any atom is 0.132 e. The third-order valence-corrected chi connectivity index (χ3v) is 3.36. The highest BCUT2D eigenvalue weighted by atomic mass is 16.3. The maximum atomic E-state index is 9.04. The topological polar surface area (TPSA) is 48.9 Å². The molecule has 0 atom stereocenters. The number of nitrogens with zero attached hydrogens (tertiary/aromatic N) is 1. The lowest BCUT2D eigenvalue weighted by Crippen LogP contribution is -2.00. The van der Waals surface area contributed by atoms with Crippen molar-refractivity contribution in [3.05, 3.63) is 17.2 Å². The fourth-order valence-corrected chi connectivity index (χ4v) is 2.56. The number of aliphatic hydroxyl groups excluding tert-OH is 1. The summed E-state index contributed by atoms with van der Waals surface area (Å²) >= 11 is 0. The molecule has 0 aliphatic heterocycles. The van der Waals surface area contributed by atoms with Gasteiger partial charge in [-0.25, -0.2) is 4.98 Å². The third kappa shape index (κ3) is 2.40. The molecule has 15 heavy (non-hydrogen) atoms. The molecule has 0 radical (unpaired) electrons. The Morgan fingerprint density at radius 2 is 1.93 bits per heavy atom. The molecule has 2 rings (SSSR count). The molecule has 0 saturated heterocycles. The van der Waals surface area contributed by atoms with Gasteiger partial charge >= 0.3 is 0 Å². The summed E-state index contributed by atoms with van der Waals surface area (Å²) in [5, 5.41) is 9.04. The standard InChI is InChI=1S/C12H20N2O/c1-9-12(14-11(8-15)13-9)10-6-4-2-3-5-7-10/h10,15H,2-8H2,1H3,(H,13,14). The molecule has 3 nitrogen and oxygen atoms in total. The zero-order valence-electron chi connectivity index (χ0n) is 9.42. The predicted octanol–water partition coefficient (Wildman–Crippen LogP) is 2.65. The number of aliphatic hydroxyl groups is 1. The molecule has 1 saturated carbocycles. The minimum Gasteiger partial charge on any atom is -0.388 e. The lowest BCUT2D eigenvalue weighted by Gasteiger charge is -2.11. The van der Waals surface area contributed by atoms with Crippen molar-refractivity contribution in [1.29, 1.82) is 0 Å². The molecule has 1 fully saturated rings. The van der Waals surface area contributed by atoms with Crippen LogP contribution in [0.1, 0.15) is 61.7 Å². The van der Waals surface area contributed by atoms with Crippen molar-refractivity contribution in [3.8, 4) is 0 Å². The van der Waals surface area contributed by atoms with Gasteiger partial charge in [-0.2, -0.15) is 0 Å². The van der Waals surface area contributed by atoms with Gasteiger partial charge in [0.25, 0.3) is 0 Å². The van der Waals surface area contributed by atoms with Crippen molar-refractivity contribution in [2.24, 2.45) is 0 Å². The van der Waals surface area contributed by atoms with Gasteiger partial charge in [-0.1, -0.05) is 25.7 Å². The number of hydrogen-bond acceptors (Lipinski definition) is 2. The normalized spacial score (nSPS) is 19.1. The van der Waals surface area contributed by atoms with Crippen molar-refractivity contribution in [1.82, 2.24) is 9.97 Å². The van der Waals surface area contributed by atoms with Gasteiger partial charge in [-0.05, 0) is 19.8 Å². The SMILES string of the molecule is Cc1[nH]c(CO)nc1C1CCCCCC1. The summed E-state index contributed by atoms with van der Waals surface area (Å²) in [6.07, 6.45) is 7.91. The Morgan fingerprint density at radius 3 is 2.47 bits per heavy atom.